The molecule has 57 heavy (non-hydrogen) atoms. The maximum atomic E-state index is 6.52. The summed E-state index contributed by atoms with van der Waals surface area (Å²) < 4.78 is 11.3. The van der Waals surface area contributed by atoms with Gasteiger partial charge in [0.05, 0.1) is 33.3 Å². The van der Waals surface area contributed by atoms with E-state index in [4.69, 9.17) is 19.4 Å². The van der Waals surface area contributed by atoms with Gasteiger partial charge in [0.15, 0.2) is 17.5 Å². The summed E-state index contributed by atoms with van der Waals surface area (Å²) >= 11 is 0. The molecule has 0 saturated heterocycles. The summed E-state index contributed by atoms with van der Waals surface area (Å²) in [5.41, 5.74) is 10.8. The molecular formula is C51H31N5O. The minimum Gasteiger partial charge on any atom is -0.455 e. The zero-order valence-corrected chi connectivity index (χ0v) is 30.5. The zero-order valence-electron chi connectivity index (χ0n) is 30.5. The van der Waals surface area contributed by atoms with Gasteiger partial charge in [-0.2, -0.15) is 0 Å². The van der Waals surface area contributed by atoms with E-state index in [1.165, 1.54) is 10.8 Å². The number of benzene rings is 8. The molecule has 0 unspecified atom stereocenters. The van der Waals surface area contributed by atoms with Crippen LogP contribution in [0.3, 0.4) is 0 Å². The van der Waals surface area contributed by atoms with Crippen molar-refractivity contribution in [1.82, 2.24) is 24.1 Å². The Balaban J connectivity index is 1.19. The maximum absolute atomic E-state index is 6.52. The van der Waals surface area contributed by atoms with Crippen LogP contribution in [0.2, 0.25) is 0 Å². The van der Waals surface area contributed by atoms with Crippen LogP contribution in [-0.4, -0.2) is 24.1 Å². The first kappa shape index (κ1) is 31.5. The molecular weight excluding hydrogens is 699 g/mol. The molecule has 12 rings (SSSR count). The van der Waals surface area contributed by atoms with Crippen LogP contribution in [0.4, 0.5) is 0 Å². The van der Waals surface area contributed by atoms with Gasteiger partial charge in [0.1, 0.15) is 11.2 Å². The smallest absolute Gasteiger partial charge is 0.167 e. The van der Waals surface area contributed by atoms with Crippen LogP contribution in [-0.2, 0) is 0 Å². The van der Waals surface area contributed by atoms with Gasteiger partial charge in [0.25, 0.3) is 0 Å². The molecule has 0 N–H and O–H groups in total. The van der Waals surface area contributed by atoms with E-state index in [-0.39, 0.29) is 0 Å². The second-order valence-corrected chi connectivity index (χ2v) is 14.4. The third-order valence-electron chi connectivity index (χ3n) is 11.2. The van der Waals surface area contributed by atoms with Gasteiger partial charge in [0.2, 0.25) is 0 Å². The van der Waals surface area contributed by atoms with Crippen LogP contribution < -0.4 is 0 Å². The van der Waals surface area contributed by atoms with Crippen LogP contribution in [0.15, 0.2) is 192 Å². The molecule has 266 valence electrons. The Morgan fingerprint density at radius 2 is 0.877 bits per heavy atom. The maximum Gasteiger partial charge on any atom is 0.167 e. The van der Waals surface area contributed by atoms with Crippen molar-refractivity contribution in [1.29, 1.82) is 0 Å². The Morgan fingerprint density at radius 3 is 1.63 bits per heavy atom. The highest BCUT2D eigenvalue weighted by Gasteiger charge is 2.24. The van der Waals surface area contributed by atoms with E-state index in [9.17, 15) is 0 Å². The van der Waals surface area contributed by atoms with Gasteiger partial charge in [-0.3, -0.25) is 0 Å². The molecule has 4 heterocycles. The van der Waals surface area contributed by atoms with Gasteiger partial charge in [-0.1, -0.05) is 140 Å². The molecule has 0 spiro atoms. The van der Waals surface area contributed by atoms with Gasteiger partial charge in [-0.25, -0.2) is 15.0 Å². The number of hydrogen-bond donors (Lipinski definition) is 0. The molecule has 0 bridgehead atoms. The van der Waals surface area contributed by atoms with Crippen molar-refractivity contribution in [2.24, 2.45) is 0 Å². The fourth-order valence-corrected chi connectivity index (χ4v) is 8.73. The van der Waals surface area contributed by atoms with E-state index in [0.717, 1.165) is 82.8 Å². The highest BCUT2D eigenvalue weighted by atomic mass is 16.3. The summed E-state index contributed by atoms with van der Waals surface area (Å²) in [4.78, 5) is 15.7. The first-order valence-corrected chi connectivity index (χ1v) is 19.1. The average Bonchev–Trinajstić information content (AvgIpc) is 3.95. The summed E-state index contributed by atoms with van der Waals surface area (Å²) in [6, 6.07) is 65.5. The van der Waals surface area contributed by atoms with E-state index in [2.05, 4.69) is 143 Å². The minimum absolute atomic E-state index is 0.550. The molecule has 8 aromatic carbocycles. The molecule has 12 aromatic rings. The molecule has 0 aliphatic rings. The Bertz CT molecular complexity index is 3520. The quantitative estimate of drug-likeness (QED) is 0.177. The number of aromatic nitrogens is 5. The van der Waals surface area contributed by atoms with Crippen molar-refractivity contribution >= 4 is 65.6 Å². The summed E-state index contributed by atoms with van der Waals surface area (Å²) in [5, 5.41) is 6.74. The molecule has 0 radical (unpaired) electrons. The van der Waals surface area contributed by atoms with Gasteiger partial charge >= 0.3 is 0 Å². The van der Waals surface area contributed by atoms with Crippen LogP contribution in [0, 0.1) is 0 Å². The second-order valence-electron chi connectivity index (χ2n) is 14.4. The van der Waals surface area contributed by atoms with Crippen molar-refractivity contribution in [3.05, 3.63) is 188 Å². The first-order valence-electron chi connectivity index (χ1n) is 19.1. The SMILES string of the molecule is c1ccc(-c2nc(-c3cccc4c3oc3ccccc34)nc(-c3cccc4c5ccccc5n(-c5cccc6c7ccccc7n(-c7ccccc7)c56)c34)n2)cc1. The van der Waals surface area contributed by atoms with E-state index >= 15 is 0 Å². The van der Waals surface area contributed by atoms with Crippen LogP contribution in [0.25, 0.3) is 111 Å². The van der Waals surface area contributed by atoms with Crippen molar-refractivity contribution in [3.63, 3.8) is 0 Å². The molecule has 0 aliphatic carbocycles. The number of nitrogens with zero attached hydrogens (tertiary/aromatic N) is 5. The normalized spacial score (nSPS) is 11.9. The van der Waals surface area contributed by atoms with E-state index in [0.29, 0.717) is 17.5 Å². The molecule has 6 nitrogen and oxygen atoms in total. The molecule has 0 saturated carbocycles. The third-order valence-corrected chi connectivity index (χ3v) is 11.2. The van der Waals surface area contributed by atoms with Crippen LogP contribution >= 0.6 is 0 Å². The molecule has 6 heteroatoms. The Hall–Kier alpha value is -7.83. The predicted octanol–water partition coefficient (Wildman–Crippen LogP) is 13.0. The third kappa shape index (κ3) is 4.74. The lowest BCUT2D eigenvalue weighted by Crippen LogP contribution is -2.03. The number of fused-ring (bicyclic) bond motifs is 9. The number of para-hydroxylation sites is 7. The molecule has 0 fully saturated rings. The van der Waals surface area contributed by atoms with Gasteiger partial charge in [-0.05, 0) is 48.5 Å². The van der Waals surface area contributed by atoms with E-state index in [1.54, 1.807) is 0 Å². The van der Waals surface area contributed by atoms with Gasteiger partial charge in [-0.15, -0.1) is 0 Å². The fourth-order valence-electron chi connectivity index (χ4n) is 8.73. The zero-order chi connectivity index (χ0) is 37.5. The molecule has 0 atom stereocenters. The lowest BCUT2D eigenvalue weighted by Gasteiger charge is -2.16. The first-order chi connectivity index (χ1) is 28.3. The minimum atomic E-state index is 0.550. The summed E-state index contributed by atoms with van der Waals surface area (Å²) in [6.45, 7) is 0. The lowest BCUT2D eigenvalue weighted by molar-refractivity contribution is 0.669. The monoisotopic (exact) mass is 729 g/mol. The predicted molar refractivity (Wildman–Crippen MR) is 232 cm³/mol. The number of hydrogen-bond acceptors (Lipinski definition) is 4. The Labute approximate surface area is 326 Å². The van der Waals surface area contributed by atoms with Gasteiger partial charge in [0, 0.05) is 49.1 Å². The Morgan fingerprint density at radius 1 is 0.351 bits per heavy atom. The second kappa shape index (κ2) is 12.3. The van der Waals surface area contributed by atoms with E-state index < -0.39 is 0 Å². The molecule has 0 amide bonds. The van der Waals surface area contributed by atoms with Crippen molar-refractivity contribution in [2.75, 3.05) is 0 Å². The summed E-state index contributed by atoms with van der Waals surface area (Å²) in [7, 11) is 0. The van der Waals surface area contributed by atoms with Crippen LogP contribution in [0.5, 0.6) is 0 Å². The van der Waals surface area contributed by atoms with Crippen molar-refractivity contribution in [3.8, 4) is 45.5 Å². The van der Waals surface area contributed by atoms with Crippen molar-refractivity contribution < 1.29 is 4.42 Å². The topological polar surface area (TPSA) is 61.7 Å². The van der Waals surface area contributed by atoms with Gasteiger partial charge < -0.3 is 13.6 Å². The summed E-state index contributed by atoms with van der Waals surface area (Å²) in [6.07, 6.45) is 0. The average molecular weight is 730 g/mol. The largest absolute Gasteiger partial charge is 0.455 e. The standard InChI is InChI=1S/C51H31N5O/c1-3-16-32(17-4-1)49-52-50(54-51(53-49)41-27-14-25-39-36-22-9-12-31-45(36)57-48(39)41)40-26-13-23-37-34-20-8-11-29-43(34)56(46(37)40)44-30-15-24-38-35-21-7-10-28-42(35)55(47(38)44)33-18-5-2-6-19-33/h1-31H. The van der Waals surface area contributed by atoms with Crippen LogP contribution in [0.1, 0.15) is 0 Å². The summed E-state index contributed by atoms with van der Waals surface area (Å²) in [5.74, 6) is 1.72. The highest BCUT2D eigenvalue weighted by Crippen LogP contribution is 2.43. The molecule has 0 aliphatic heterocycles. The number of rotatable bonds is 5. The Kier molecular flexibility index (Phi) is 6.83. The van der Waals surface area contributed by atoms with Crippen molar-refractivity contribution in [2.45, 2.75) is 0 Å². The number of furan rings is 1. The molecule has 4 aromatic heterocycles. The van der Waals surface area contributed by atoms with E-state index in [1.807, 2.05) is 54.6 Å². The lowest BCUT2D eigenvalue weighted by atomic mass is 10.1. The highest BCUT2D eigenvalue weighted by molar-refractivity contribution is 6.17. The fraction of sp³-hybridized carbons (Fsp3) is 0.